The molecule has 0 N–H and O–H groups in total. The SMILES string of the molecule is CC1(C)C(C(=O)O[C@H](C#N)c2cccc(Oc3ccccc3)c2)[C@@H]1C=C(Br)Br.CC1(C)C(C=C(Cl)Cl)C1C(=O)OC(C#N)c1ccc(F)c(Oc2ccccc2)c1.CC1(C)[C@H](C(=O)O[C@H](C#N)c2cccc(Oc3ccccc3)c2)[C@@H]1/C=C(\Cl)C(F)(F)F. The molecule has 0 bridgehead atoms. The molecule has 6 aromatic rings. The summed E-state index contributed by atoms with van der Waals surface area (Å²) in [6.45, 7) is 11.1. The molecule has 0 radical (unpaired) electrons. The number of halogens is 9. The molecule has 21 heteroatoms. The molecule has 6 aromatic carbocycles. The van der Waals surface area contributed by atoms with Gasteiger partial charge in [0.15, 0.2) is 11.6 Å². The van der Waals surface area contributed by atoms with Crippen LogP contribution in [-0.2, 0) is 28.6 Å². The molecule has 12 nitrogen and oxygen atoms in total. The van der Waals surface area contributed by atoms with E-state index in [4.69, 9.17) is 63.2 Å². The molecule has 88 heavy (non-hydrogen) atoms. The molecule has 3 fully saturated rings. The fraction of sp³-hybridized carbons (Fsp3) is 0.284. The predicted molar refractivity (Wildman–Crippen MR) is 330 cm³/mol. The molecule has 0 spiro atoms. The van der Waals surface area contributed by atoms with Crippen LogP contribution in [0.1, 0.15) is 76.5 Å². The van der Waals surface area contributed by atoms with Gasteiger partial charge in [-0.05, 0) is 145 Å². The van der Waals surface area contributed by atoms with Gasteiger partial charge in [0, 0.05) is 16.7 Å². The first-order valence-corrected chi connectivity index (χ1v) is 29.8. The molecular formula is C67H56Br2Cl3F4N3O9. The van der Waals surface area contributed by atoms with Crippen LogP contribution in [0.3, 0.4) is 0 Å². The maximum Gasteiger partial charge on any atom is 0.426 e. The summed E-state index contributed by atoms with van der Waals surface area (Å²) in [6, 6.07) is 50.5. The highest BCUT2D eigenvalue weighted by Gasteiger charge is 2.64. The Bertz CT molecular complexity index is 3710. The van der Waals surface area contributed by atoms with Crippen molar-refractivity contribution in [1.29, 1.82) is 15.8 Å². The van der Waals surface area contributed by atoms with Gasteiger partial charge in [-0.3, -0.25) is 14.4 Å². The Morgan fingerprint density at radius 2 is 0.830 bits per heavy atom. The number of hydrogen-bond acceptors (Lipinski definition) is 12. The monoisotopic (exact) mass is 1390 g/mol. The lowest BCUT2D eigenvalue weighted by Crippen LogP contribution is -2.14. The fourth-order valence-corrected chi connectivity index (χ4v) is 11.0. The Labute approximate surface area is 539 Å². The third-order valence-corrected chi connectivity index (χ3v) is 16.4. The number of nitrogens with zero attached hydrogens (tertiary/aromatic N) is 3. The van der Waals surface area contributed by atoms with Gasteiger partial charge in [0.2, 0.25) is 18.3 Å². The van der Waals surface area contributed by atoms with Crippen molar-refractivity contribution in [3.05, 3.63) is 211 Å². The van der Waals surface area contributed by atoms with E-state index in [9.17, 15) is 47.7 Å². The van der Waals surface area contributed by atoms with Crippen LogP contribution in [0, 0.1) is 91.6 Å². The molecule has 3 aliphatic rings. The maximum atomic E-state index is 14.2. The van der Waals surface area contributed by atoms with Gasteiger partial charge in [-0.2, -0.15) is 29.0 Å². The summed E-state index contributed by atoms with van der Waals surface area (Å²) in [7, 11) is 0. The number of nitriles is 3. The van der Waals surface area contributed by atoms with Gasteiger partial charge in [-0.25, -0.2) is 4.39 Å². The smallest absolute Gasteiger partial charge is 0.426 e. The van der Waals surface area contributed by atoms with E-state index < -0.39 is 70.4 Å². The number of rotatable bonds is 18. The normalized spacial score (nSPS) is 20.5. The Morgan fingerprint density at radius 1 is 0.489 bits per heavy atom. The molecule has 456 valence electrons. The van der Waals surface area contributed by atoms with Gasteiger partial charge in [0.1, 0.15) is 56.5 Å². The molecule has 0 saturated heterocycles. The summed E-state index contributed by atoms with van der Waals surface area (Å²) in [5.74, 6) is -1.97. The number of carbonyl (C=O) groups excluding carboxylic acids is 3. The van der Waals surface area contributed by atoms with E-state index in [0.717, 1.165) is 9.47 Å². The predicted octanol–water partition coefficient (Wildman–Crippen LogP) is 19.4. The van der Waals surface area contributed by atoms with E-state index >= 15 is 0 Å². The van der Waals surface area contributed by atoms with Gasteiger partial charge in [0.05, 0.1) is 21.1 Å². The third kappa shape index (κ3) is 17.6. The molecule has 0 aromatic heterocycles. The summed E-state index contributed by atoms with van der Waals surface area (Å²) in [4.78, 5) is 37.9. The maximum absolute atomic E-state index is 14.2. The van der Waals surface area contributed by atoms with Gasteiger partial charge < -0.3 is 28.4 Å². The summed E-state index contributed by atoms with van der Waals surface area (Å²) < 4.78 is 86.6. The first kappa shape index (κ1) is 67.9. The zero-order valence-corrected chi connectivity index (χ0v) is 53.3. The van der Waals surface area contributed by atoms with Crippen molar-refractivity contribution in [3.8, 4) is 52.7 Å². The Hall–Kier alpha value is -7.63. The molecular weight excluding hydrogens is 1330 g/mol. The standard InChI is InChI=1S/C23H19ClF3NO3.C22H19Br2NO3.C22H18Cl2FNO3/c1-22(2)17(12-19(24)23(25,26)27)20(22)21(29)31-18(13-28)14-7-6-10-16(11-14)30-15-8-4-3-5-9-15;1-22(2)17(12-19(23)24)20(22)21(26)28-18(13-25)14-7-6-10-16(11-14)27-15-8-4-3-5-9-15;1-22(2)15(11-19(23)24)20(22)21(27)29-18(12-26)13-8-9-16(25)17(10-13)28-14-6-4-3-5-7-14/h3-12,17-18,20H,1-2H3;3-12,17-18,20H,1-2H3;3-11,15,18,20H,1-2H3/b19-12-;;/t17-,18+,20-;17-,18+,20?;/m00./s1. The second kappa shape index (κ2) is 29.1. The number of alkyl halides is 3. The molecule has 0 amide bonds. The highest BCUT2D eigenvalue weighted by atomic mass is 79.9. The molecule has 9 atom stereocenters. The number of carbonyl (C=O) groups is 3. The lowest BCUT2D eigenvalue weighted by molar-refractivity contribution is -0.150. The third-order valence-electron chi connectivity index (χ3n) is 15.3. The van der Waals surface area contributed by atoms with E-state index in [1.807, 2.05) is 101 Å². The van der Waals surface area contributed by atoms with E-state index in [0.29, 0.717) is 45.4 Å². The Balaban J connectivity index is 0.000000189. The second-order valence-electron chi connectivity index (χ2n) is 22.3. The lowest BCUT2D eigenvalue weighted by Gasteiger charge is -2.14. The van der Waals surface area contributed by atoms with Crippen LogP contribution in [0.15, 0.2) is 189 Å². The van der Waals surface area contributed by atoms with Crippen molar-refractivity contribution in [2.45, 2.75) is 66.0 Å². The Kier molecular flexibility index (Phi) is 22.5. The average Bonchev–Trinajstić information content (AvgIpc) is 1.79. The van der Waals surface area contributed by atoms with Gasteiger partial charge in [-0.1, -0.05) is 173 Å². The number of hydrogen-bond donors (Lipinski definition) is 0. The second-order valence-corrected chi connectivity index (χ2v) is 26.5. The van der Waals surface area contributed by atoms with Crippen LogP contribution in [0.2, 0.25) is 0 Å². The minimum absolute atomic E-state index is 0.0563. The molecule has 3 saturated carbocycles. The van der Waals surface area contributed by atoms with E-state index in [2.05, 4.69) is 37.9 Å². The van der Waals surface area contributed by atoms with Crippen molar-refractivity contribution in [1.82, 2.24) is 0 Å². The minimum atomic E-state index is -4.68. The van der Waals surface area contributed by atoms with Crippen LogP contribution in [0.25, 0.3) is 0 Å². The lowest BCUT2D eigenvalue weighted by atomic mass is 10.1. The minimum Gasteiger partial charge on any atom is -0.457 e. The highest BCUT2D eigenvalue weighted by molar-refractivity contribution is 9.28. The van der Waals surface area contributed by atoms with Crippen LogP contribution in [-0.4, -0.2) is 24.1 Å². The first-order valence-electron chi connectivity index (χ1n) is 27.1. The zero-order chi connectivity index (χ0) is 64.3. The van der Waals surface area contributed by atoms with Gasteiger partial charge in [-0.15, -0.1) is 0 Å². The number of allylic oxidation sites excluding steroid dienone is 4. The number of para-hydroxylation sites is 3. The van der Waals surface area contributed by atoms with E-state index in [1.54, 1.807) is 105 Å². The molecule has 9 rings (SSSR count). The van der Waals surface area contributed by atoms with Gasteiger partial charge in [0.25, 0.3) is 0 Å². The van der Waals surface area contributed by atoms with Crippen molar-refractivity contribution >= 4 is 84.6 Å². The van der Waals surface area contributed by atoms with Gasteiger partial charge >= 0.3 is 24.1 Å². The van der Waals surface area contributed by atoms with Crippen LogP contribution < -0.4 is 14.2 Å². The first-order chi connectivity index (χ1) is 41.6. The molecule has 3 aliphatic carbocycles. The fourth-order valence-electron chi connectivity index (χ4n) is 10.0. The topological polar surface area (TPSA) is 178 Å². The van der Waals surface area contributed by atoms with Crippen molar-refractivity contribution < 1.29 is 60.4 Å². The molecule has 4 unspecified atom stereocenters. The quantitative estimate of drug-likeness (QED) is 0.0452. The van der Waals surface area contributed by atoms with E-state index in [1.165, 1.54) is 18.2 Å². The summed E-state index contributed by atoms with van der Waals surface area (Å²) in [5, 5.41) is 27.3. The van der Waals surface area contributed by atoms with Crippen molar-refractivity contribution in [2.24, 2.45) is 51.8 Å². The summed E-state index contributed by atoms with van der Waals surface area (Å²) in [6.07, 6.45) is -3.71. The van der Waals surface area contributed by atoms with Crippen molar-refractivity contribution in [3.63, 3.8) is 0 Å². The number of esters is 3. The number of ether oxygens (including phenoxy) is 6. The zero-order valence-electron chi connectivity index (χ0n) is 47.9. The van der Waals surface area contributed by atoms with Crippen molar-refractivity contribution in [2.75, 3.05) is 0 Å². The summed E-state index contributed by atoms with van der Waals surface area (Å²) in [5.41, 5.74) is -0.0619. The van der Waals surface area contributed by atoms with Crippen LogP contribution >= 0.6 is 66.7 Å². The summed E-state index contributed by atoms with van der Waals surface area (Å²) >= 11 is 23.4. The van der Waals surface area contributed by atoms with E-state index in [-0.39, 0.29) is 44.8 Å². The molecule has 0 heterocycles. The average molecular weight is 1390 g/mol. The highest BCUT2D eigenvalue weighted by Crippen LogP contribution is 2.62. The number of benzene rings is 6. The Morgan fingerprint density at radius 3 is 1.18 bits per heavy atom. The largest absolute Gasteiger partial charge is 0.457 e. The molecule has 0 aliphatic heterocycles. The van der Waals surface area contributed by atoms with Crippen LogP contribution in [0.5, 0.6) is 34.5 Å². The van der Waals surface area contributed by atoms with Crippen LogP contribution in [0.4, 0.5) is 17.6 Å².